The summed E-state index contributed by atoms with van der Waals surface area (Å²) >= 11 is 0. The molecule has 0 atom stereocenters. The van der Waals surface area contributed by atoms with E-state index < -0.39 is 47.7 Å². The summed E-state index contributed by atoms with van der Waals surface area (Å²) in [5.41, 5.74) is 0. The first kappa shape index (κ1) is 20.4. The zero-order valence-electron chi connectivity index (χ0n) is 9.47. The average Bonchev–Trinajstić information content (AvgIpc) is 2.25. The third-order valence-corrected chi connectivity index (χ3v) is 2.09. The van der Waals surface area contributed by atoms with Gasteiger partial charge in [0, 0.05) is 0 Å². The standard InChI is InChI=1S/C8H2F12O2/c9-2(1-3(21)22)4(10,11)5(12,13)6(14,15)7(16,17)8(18,19)20/h1H,(H,21,22). The van der Waals surface area contributed by atoms with Crippen LogP contribution in [0, 0.1) is 0 Å². The van der Waals surface area contributed by atoms with Gasteiger partial charge in [0.05, 0.1) is 6.08 Å². The number of alkyl halides is 11. The molecule has 0 spiro atoms. The Bertz CT molecular complexity index is 474. The minimum atomic E-state index is -7.79. The predicted molar refractivity (Wildman–Crippen MR) is 42.7 cm³/mol. The van der Waals surface area contributed by atoms with E-state index in [0.717, 1.165) is 0 Å². The number of aliphatic carboxylic acids is 1. The van der Waals surface area contributed by atoms with Crippen molar-refractivity contribution in [2.45, 2.75) is 29.9 Å². The van der Waals surface area contributed by atoms with Crippen LogP contribution >= 0.6 is 0 Å². The van der Waals surface area contributed by atoms with Crippen molar-refractivity contribution in [1.82, 2.24) is 0 Å². The highest BCUT2D eigenvalue weighted by atomic mass is 19.4. The van der Waals surface area contributed by atoms with Gasteiger partial charge in [-0.1, -0.05) is 0 Å². The Morgan fingerprint density at radius 3 is 1.36 bits per heavy atom. The van der Waals surface area contributed by atoms with E-state index in [1.807, 2.05) is 0 Å². The van der Waals surface area contributed by atoms with E-state index in [-0.39, 0.29) is 0 Å². The molecule has 0 aromatic rings. The van der Waals surface area contributed by atoms with Crippen molar-refractivity contribution in [1.29, 1.82) is 0 Å². The van der Waals surface area contributed by atoms with Gasteiger partial charge in [-0.25, -0.2) is 9.18 Å². The molecule has 0 aromatic heterocycles. The number of carboxylic acids is 1. The lowest BCUT2D eigenvalue weighted by molar-refractivity contribution is -0.419. The number of hydrogen-bond donors (Lipinski definition) is 1. The van der Waals surface area contributed by atoms with Gasteiger partial charge in [0.1, 0.15) is 0 Å². The lowest BCUT2D eigenvalue weighted by Gasteiger charge is -2.36. The SMILES string of the molecule is O=C(O)C=C(F)C(F)(F)C(F)(F)C(F)(F)C(F)(F)C(F)(F)F. The molecule has 1 N–H and O–H groups in total. The summed E-state index contributed by atoms with van der Waals surface area (Å²) in [6.45, 7) is 0. The van der Waals surface area contributed by atoms with Crippen LogP contribution in [0.25, 0.3) is 0 Å². The Kier molecular flexibility index (Phi) is 4.84. The minimum Gasteiger partial charge on any atom is -0.478 e. The van der Waals surface area contributed by atoms with Gasteiger partial charge in [0.2, 0.25) is 0 Å². The highest BCUT2D eigenvalue weighted by Gasteiger charge is 2.87. The molecule has 22 heavy (non-hydrogen) atoms. The van der Waals surface area contributed by atoms with E-state index in [0.29, 0.717) is 0 Å². The second-order valence-electron chi connectivity index (χ2n) is 3.63. The molecule has 0 unspecified atom stereocenters. The molecule has 0 heterocycles. The Hall–Kier alpha value is -1.63. The number of hydrogen-bond acceptors (Lipinski definition) is 1. The van der Waals surface area contributed by atoms with Crippen LogP contribution in [0.4, 0.5) is 52.7 Å². The van der Waals surface area contributed by atoms with E-state index in [1.165, 1.54) is 0 Å². The summed E-state index contributed by atoms with van der Waals surface area (Å²) in [6.07, 6.45) is -8.77. The number of allylic oxidation sites excluding steroid dienone is 1. The molecule has 0 rings (SSSR count). The molecule has 0 saturated carbocycles. The van der Waals surface area contributed by atoms with Crippen molar-refractivity contribution in [3.8, 4) is 0 Å². The summed E-state index contributed by atoms with van der Waals surface area (Å²) in [7, 11) is 0. The summed E-state index contributed by atoms with van der Waals surface area (Å²) < 4.78 is 148. The monoisotopic (exact) mass is 358 g/mol. The maximum atomic E-state index is 12.8. The molecule has 0 aliphatic carbocycles. The molecule has 2 nitrogen and oxygen atoms in total. The Morgan fingerprint density at radius 2 is 1.09 bits per heavy atom. The first-order valence-electron chi connectivity index (χ1n) is 4.52. The van der Waals surface area contributed by atoms with Crippen molar-refractivity contribution >= 4 is 5.97 Å². The average molecular weight is 358 g/mol. The quantitative estimate of drug-likeness (QED) is 0.595. The second-order valence-corrected chi connectivity index (χ2v) is 3.63. The Labute approximate surface area is 112 Å². The molecule has 0 radical (unpaired) electrons. The van der Waals surface area contributed by atoms with Crippen molar-refractivity contribution in [3.05, 3.63) is 11.9 Å². The second kappa shape index (κ2) is 5.22. The van der Waals surface area contributed by atoms with Crippen LogP contribution in [-0.2, 0) is 4.79 Å². The Balaban J connectivity index is 6.17. The molecule has 0 bridgehead atoms. The van der Waals surface area contributed by atoms with E-state index in [9.17, 15) is 57.5 Å². The summed E-state index contributed by atoms with van der Waals surface area (Å²) in [4.78, 5) is 9.78. The maximum absolute atomic E-state index is 12.8. The van der Waals surface area contributed by atoms with Crippen molar-refractivity contribution in [2.75, 3.05) is 0 Å². The van der Waals surface area contributed by atoms with Crippen LogP contribution in [-0.4, -0.2) is 40.9 Å². The fourth-order valence-corrected chi connectivity index (χ4v) is 0.921. The first-order chi connectivity index (χ1) is 9.34. The van der Waals surface area contributed by atoms with Gasteiger partial charge in [-0.05, 0) is 0 Å². The van der Waals surface area contributed by atoms with Crippen LogP contribution < -0.4 is 0 Å². The zero-order chi connectivity index (χ0) is 18.4. The van der Waals surface area contributed by atoms with Crippen LogP contribution in [0.5, 0.6) is 0 Å². The predicted octanol–water partition coefficient (Wildman–Crippen LogP) is 4.03. The normalized spacial score (nSPS) is 15.9. The molecular formula is C8H2F12O2. The first-order valence-corrected chi connectivity index (χ1v) is 4.52. The maximum Gasteiger partial charge on any atom is 0.460 e. The summed E-state index contributed by atoms with van der Waals surface area (Å²) in [5, 5.41) is 7.79. The van der Waals surface area contributed by atoms with Gasteiger partial charge in [-0.3, -0.25) is 0 Å². The van der Waals surface area contributed by atoms with E-state index in [2.05, 4.69) is 0 Å². The van der Waals surface area contributed by atoms with E-state index >= 15 is 0 Å². The molecule has 0 saturated heterocycles. The molecule has 130 valence electrons. The van der Waals surface area contributed by atoms with E-state index in [4.69, 9.17) is 5.11 Å². The third kappa shape index (κ3) is 2.82. The minimum absolute atomic E-state index is 1.39. The van der Waals surface area contributed by atoms with Gasteiger partial charge >= 0.3 is 35.8 Å². The highest BCUT2D eigenvalue weighted by Crippen LogP contribution is 2.58. The molecule has 0 fully saturated rings. The summed E-state index contributed by atoms with van der Waals surface area (Å²) in [5.74, 6) is -36.6. The van der Waals surface area contributed by atoms with Crippen molar-refractivity contribution in [3.63, 3.8) is 0 Å². The highest BCUT2D eigenvalue weighted by molar-refractivity contribution is 5.80. The van der Waals surface area contributed by atoms with Gasteiger partial charge < -0.3 is 5.11 Å². The van der Waals surface area contributed by atoms with Crippen molar-refractivity contribution < 1.29 is 62.6 Å². The van der Waals surface area contributed by atoms with Crippen LogP contribution in [0.3, 0.4) is 0 Å². The number of rotatable bonds is 5. The molecular weight excluding hydrogens is 356 g/mol. The molecule has 0 aromatic carbocycles. The lowest BCUT2D eigenvalue weighted by Crippen LogP contribution is -2.66. The summed E-state index contributed by atoms with van der Waals surface area (Å²) in [6, 6.07) is 0. The van der Waals surface area contributed by atoms with Crippen LogP contribution in [0.15, 0.2) is 11.9 Å². The fraction of sp³-hybridized carbons (Fsp3) is 0.625. The molecule has 0 aliphatic heterocycles. The number of halogens is 12. The number of carbonyl (C=O) groups is 1. The van der Waals surface area contributed by atoms with Gasteiger partial charge in [-0.2, -0.15) is 48.3 Å². The van der Waals surface area contributed by atoms with Crippen LogP contribution in [0.1, 0.15) is 0 Å². The Morgan fingerprint density at radius 1 is 0.727 bits per heavy atom. The lowest BCUT2D eigenvalue weighted by atomic mass is 9.97. The zero-order valence-corrected chi connectivity index (χ0v) is 9.47. The van der Waals surface area contributed by atoms with Gasteiger partial charge in [-0.15, -0.1) is 0 Å². The molecule has 0 amide bonds. The van der Waals surface area contributed by atoms with E-state index in [1.54, 1.807) is 0 Å². The van der Waals surface area contributed by atoms with Crippen LogP contribution in [0.2, 0.25) is 0 Å². The molecule has 14 heteroatoms. The largest absolute Gasteiger partial charge is 0.478 e. The number of carboxylic acid groups (broad SMARTS) is 1. The third-order valence-electron chi connectivity index (χ3n) is 2.09. The van der Waals surface area contributed by atoms with Crippen molar-refractivity contribution in [2.24, 2.45) is 0 Å². The fourth-order valence-electron chi connectivity index (χ4n) is 0.921. The topological polar surface area (TPSA) is 37.3 Å². The van der Waals surface area contributed by atoms with Gasteiger partial charge in [0.15, 0.2) is 5.83 Å². The molecule has 0 aliphatic rings. The smallest absolute Gasteiger partial charge is 0.460 e. The van der Waals surface area contributed by atoms with Gasteiger partial charge in [0.25, 0.3) is 0 Å².